The zero-order valence-electron chi connectivity index (χ0n) is 15.4. The van der Waals surface area contributed by atoms with Gasteiger partial charge in [-0.1, -0.05) is 6.07 Å². The van der Waals surface area contributed by atoms with E-state index in [-0.39, 0.29) is 24.5 Å². The number of hydrogen-bond donors (Lipinski definition) is 1. The molecule has 2 amide bonds. The van der Waals surface area contributed by atoms with Gasteiger partial charge in [-0.2, -0.15) is 0 Å². The van der Waals surface area contributed by atoms with Crippen molar-refractivity contribution >= 4 is 17.5 Å². The topological polar surface area (TPSA) is 73.7 Å². The summed E-state index contributed by atoms with van der Waals surface area (Å²) in [7, 11) is 1.81. The fraction of sp³-hybridized carbons (Fsp3) is 0.381. The third-order valence-electron chi connectivity index (χ3n) is 5.57. The highest BCUT2D eigenvalue weighted by atomic mass is 16.3. The first-order valence-corrected chi connectivity index (χ1v) is 9.31. The van der Waals surface area contributed by atoms with Crippen LogP contribution in [0, 0.1) is 0 Å². The van der Waals surface area contributed by atoms with E-state index in [4.69, 9.17) is 0 Å². The first-order valence-electron chi connectivity index (χ1n) is 9.31. The van der Waals surface area contributed by atoms with Gasteiger partial charge in [0.15, 0.2) is 0 Å². The van der Waals surface area contributed by atoms with Crippen molar-refractivity contribution < 1.29 is 14.7 Å². The van der Waals surface area contributed by atoms with Gasteiger partial charge in [0.1, 0.15) is 0 Å². The van der Waals surface area contributed by atoms with Crippen LogP contribution in [0.3, 0.4) is 0 Å². The van der Waals surface area contributed by atoms with E-state index >= 15 is 0 Å². The summed E-state index contributed by atoms with van der Waals surface area (Å²) >= 11 is 0. The molecule has 27 heavy (non-hydrogen) atoms. The zero-order valence-corrected chi connectivity index (χ0v) is 15.4. The molecule has 1 atom stereocenters. The third kappa shape index (κ3) is 3.32. The predicted molar refractivity (Wildman–Crippen MR) is 102 cm³/mol. The summed E-state index contributed by atoms with van der Waals surface area (Å²) in [6.07, 6.45) is 6.08. The van der Waals surface area contributed by atoms with Crippen molar-refractivity contribution in [2.75, 3.05) is 18.6 Å². The van der Waals surface area contributed by atoms with Crippen LogP contribution in [0.15, 0.2) is 36.7 Å². The number of aromatic nitrogens is 1. The number of pyridine rings is 1. The summed E-state index contributed by atoms with van der Waals surface area (Å²) in [5.74, 6) is 0.230. The van der Waals surface area contributed by atoms with E-state index in [2.05, 4.69) is 11.1 Å². The van der Waals surface area contributed by atoms with Crippen molar-refractivity contribution in [1.29, 1.82) is 0 Å². The van der Waals surface area contributed by atoms with Gasteiger partial charge in [0.2, 0.25) is 11.8 Å². The van der Waals surface area contributed by atoms with Crippen LogP contribution in [0.2, 0.25) is 0 Å². The lowest BCUT2D eigenvalue weighted by Gasteiger charge is -2.26. The van der Waals surface area contributed by atoms with Crippen molar-refractivity contribution in [3.05, 3.63) is 47.8 Å². The van der Waals surface area contributed by atoms with Crippen LogP contribution in [-0.4, -0.2) is 46.5 Å². The minimum atomic E-state index is -0.0991. The molecule has 1 aromatic carbocycles. The average Bonchev–Trinajstić information content (AvgIpc) is 3.04. The van der Waals surface area contributed by atoms with Crippen molar-refractivity contribution in [3.8, 4) is 11.1 Å². The van der Waals surface area contributed by atoms with Crippen molar-refractivity contribution in [2.45, 2.75) is 38.3 Å². The number of rotatable bonds is 4. The molecule has 0 radical (unpaired) electrons. The summed E-state index contributed by atoms with van der Waals surface area (Å²) in [6.45, 7) is 0.461. The van der Waals surface area contributed by atoms with Gasteiger partial charge in [0.05, 0.1) is 12.6 Å². The second-order valence-corrected chi connectivity index (χ2v) is 7.27. The Labute approximate surface area is 158 Å². The molecule has 4 rings (SSSR count). The van der Waals surface area contributed by atoms with Crippen LogP contribution in [0.25, 0.3) is 11.1 Å². The van der Waals surface area contributed by atoms with E-state index in [9.17, 15) is 14.7 Å². The molecule has 2 aromatic rings. The largest absolute Gasteiger partial charge is 0.394 e. The van der Waals surface area contributed by atoms with Crippen LogP contribution in [0.1, 0.15) is 30.4 Å². The molecule has 6 nitrogen and oxygen atoms in total. The van der Waals surface area contributed by atoms with E-state index in [1.807, 2.05) is 31.4 Å². The summed E-state index contributed by atoms with van der Waals surface area (Å²) in [6, 6.07) is 8.06. The third-order valence-corrected chi connectivity index (χ3v) is 5.57. The van der Waals surface area contributed by atoms with Gasteiger partial charge in [-0.3, -0.25) is 14.6 Å². The first kappa shape index (κ1) is 17.7. The molecule has 140 valence electrons. The van der Waals surface area contributed by atoms with Gasteiger partial charge in [-0.15, -0.1) is 0 Å². The smallest absolute Gasteiger partial charge is 0.227 e. The molecule has 0 aliphatic carbocycles. The summed E-state index contributed by atoms with van der Waals surface area (Å²) in [5.41, 5.74) is 5.12. The fourth-order valence-corrected chi connectivity index (χ4v) is 3.97. The molecule has 6 heteroatoms. The minimum Gasteiger partial charge on any atom is -0.394 e. The molecular formula is C21H23N3O3. The average molecular weight is 365 g/mol. The summed E-state index contributed by atoms with van der Waals surface area (Å²) in [4.78, 5) is 31.8. The van der Waals surface area contributed by atoms with Crippen molar-refractivity contribution in [3.63, 3.8) is 0 Å². The van der Waals surface area contributed by atoms with Gasteiger partial charge in [-0.05, 0) is 47.7 Å². The van der Waals surface area contributed by atoms with Gasteiger partial charge in [0, 0.05) is 50.1 Å². The van der Waals surface area contributed by atoms with Gasteiger partial charge >= 0.3 is 0 Å². The molecule has 3 heterocycles. The highest BCUT2D eigenvalue weighted by Crippen LogP contribution is 2.31. The number of hydrogen-bond acceptors (Lipinski definition) is 4. The number of amides is 2. The Kier molecular flexibility index (Phi) is 4.66. The maximum Gasteiger partial charge on any atom is 0.227 e. The number of benzene rings is 1. The molecule has 1 N–H and O–H groups in total. The van der Waals surface area contributed by atoms with Gasteiger partial charge in [-0.25, -0.2) is 0 Å². The molecular weight excluding hydrogens is 342 g/mol. The monoisotopic (exact) mass is 365 g/mol. The second kappa shape index (κ2) is 7.12. The Balaban J connectivity index is 1.60. The van der Waals surface area contributed by atoms with Crippen LogP contribution < -0.4 is 4.90 Å². The van der Waals surface area contributed by atoms with Gasteiger partial charge < -0.3 is 14.9 Å². The maximum absolute atomic E-state index is 12.1. The second-order valence-electron chi connectivity index (χ2n) is 7.27. The highest BCUT2D eigenvalue weighted by molar-refractivity contribution is 5.96. The van der Waals surface area contributed by atoms with Gasteiger partial charge in [0.25, 0.3) is 0 Å². The predicted octanol–water partition coefficient (Wildman–Crippen LogP) is 2.14. The highest BCUT2D eigenvalue weighted by Gasteiger charge is 2.30. The van der Waals surface area contributed by atoms with E-state index in [0.717, 1.165) is 34.4 Å². The Bertz CT molecular complexity index is 896. The number of carbonyl (C=O) groups excluding carboxylic acids is 2. The summed E-state index contributed by atoms with van der Waals surface area (Å²) in [5, 5.41) is 9.48. The van der Waals surface area contributed by atoms with E-state index in [1.54, 1.807) is 16.0 Å². The molecule has 1 fully saturated rings. The molecule has 1 saturated heterocycles. The Morgan fingerprint density at radius 2 is 1.93 bits per heavy atom. The lowest BCUT2D eigenvalue weighted by Crippen LogP contribution is -2.34. The molecule has 0 spiro atoms. The normalized spacial score (nSPS) is 19.6. The molecule has 0 unspecified atom stereocenters. The quantitative estimate of drug-likeness (QED) is 0.901. The first-order chi connectivity index (χ1) is 13.1. The minimum absolute atomic E-state index is 0.00405. The van der Waals surface area contributed by atoms with Crippen LogP contribution in [-0.2, 0) is 22.6 Å². The van der Waals surface area contributed by atoms with Crippen molar-refractivity contribution in [1.82, 2.24) is 9.88 Å². The lowest BCUT2D eigenvalue weighted by atomic mass is 9.96. The van der Waals surface area contributed by atoms with Crippen LogP contribution in [0.4, 0.5) is 5.69 Å². The fourth-order valence-electron chi connectivity index (χ4n) is 3.97. The maximum atomic E-state index is 12.1. The Hall–Kier alpha value is -2.73. The molecule has 2 aliphatic rings. The van der Waals surface area contributed by atoms with Crippen LogP contribution >= 0.6 is 0 Å². The number of aryl methyl sites for hydroxylation is 1. The van der Waals surface area contributed by atoms with Crippen LogP contribution in [0.5, 0.6) is 0 Å². The standard InChI is InChI=1S/C21H23N3O3/c1-23-19-5-2-15(9-16(19)3-6-20(23)26)17-8-14(10-22-11-17)12-24-18(13-25)4-7-21(24)27/h2,5,8-11,18,25H,3-4,6-7,12-13H2,1H3/t18-/m0/s1. The van der Waals surface area contributed by atoms with E-state index in [1.165, 1.54) is 0 Å². The number of aliphatic hydroxyl groups is 1. The molecule has 1 aromatic heterocycles. The number of anilines is 1. The summed E-state index contributed by atoms with van der Waals surface area (Å²) < 4.78 is 0. The molecule has 0 bridgehead atoms. The molecule has 0 saturated carbocycles. The van der Waals surface area contributed by atoms with E-state index < -0.39 is 0 Å². The lowest BCUT2D eigenvalue weighted by molar-refractivity contribution is -0.130. The number of aliphatic hydroxyl groups excluding tert-OH is 1. The molecule has 2 aliphatic heterocycles. The van der Waals surface area contributed by atoms with Crippen molar-refractivity contribution in [2.24, 2.45) is 0 Å². The number of fused-ring (bicyclic) bond motifs is 1. The zero-order chi connectivity index (χ0) is 19.0. The number of nitrogens with zero attached hydrogens (tertiary/aromatic N) is 3. The number of carbonyl (C=O) groups is 2. The Morgan fingerprint density at radius 1 is 1.07 bits per heavy atom. The van der Waals surface area contributed by atoms with E-state index in [0.29, 0.717) is 25.8 Å². The Morgan fingerprint density at radius 3 is 2.74 bits per heavy atom. The SMILES string of the molecule is CN1C(=O)CCc2cc(-c3cncc(CN4C(=O)CC[C@H]4CO)c3)ccc21. The number of likely N-dealkylation sites (tertiary alicyclic amines) is 1.